The summed E-state index contributed by atoms with van der Waals surface area (Å²) in [6.45, 7) is 7.18. The molecule has 2 bridgehead atoms. The van der Waals surface area contributed by atoms with E-state index < -0.39 is 0 Å². The average Bonchev–Trinajstić information content (AvgIpc) is 3.18. The Balaban J connectivity index is 1.31. The minimum Gasteiger partial charge on any atom is -0.378 e. The van der Waals surface area contributed by atoms with Crippen LogP contribution in [0.4, 0.5) is 0 Å². The summed E-state index contributed by atoms with van der Waals surface area (Å²) < 4.78 is 7.79. The zero-order chi connectivity index (χ0) is 22.8. The fourth-order valence-electron chi connectivity index (χ4n) is 5.12. The predicted octanol–water partition coefficient (Wildman–Crippen LogP) is 4.16. The highest BCUT2D eigenvalue weighted by atomic mass is 16.5. The van der Waals surface area contributed by atoms with E-state index in [0.717, 1.165) is 43.5 Å². The molecule has 2 saturated heterocycles. The van der Waals surface area contributed by atoms with Gasteiger partial charge in [-0.05, 0) is 38.3 Å². The highest BCUT2D eigenvalue weighted by Gasteiger charge is 2.39. The molecule has 0 saturated carbocycles. The maximum absolute atomic E-state index is 13.3. The van der Waals surface area contributed by atoms with Crippen LogP contribution in [0.1, 0.15) is 42.7 Å². The van der Waals surface area contributed by atoms with Gasteiger partial charge in [0.25, 0.3) is 5.91 Å². The highest BCUT2D eigenvalue weighted by Crippen LogP contribution is 2.30. The van der Waals surface area contributed by atoms with E-state index in [1.807, 2.05) is 28.9 Å². The molecule has 1 aromatic heterocycles. The average molecular weight is 445 g/mol. The number of carbonyl (C=O) groups excluding carboxylic acids is 1. The Hall–Kier alpha value is -2.96. The molecule has 5 rings (SSSR count). The molecule has 2 aromatic carbocycles. The molecule has 1 amide bonds. The van der Waals surface area contributed by atoms with Crippen molar-refractivity contribution >= 4 is 16.8 Å². The third kappa shape index (κ3) is 4.72. The summed E-state index contributed by atoms with van der Waals surface area (Å²) in [5.74, 6) is -0.0809. The fraction of sp³-hybridized carbons (Fsp3) is 0.407. The van der Waals surface area contributed by atoms with Crippen molar-refractivity contribution in [3.63, 3.8) is 0 Å². The molecule has 1 N–H and O–H groups in total. The molecular formula is C27H32N4O2. The number of carbonyl (C=O) groups is 1. The highest BCUT2D eigenvalue weighted by molar-refractivity contribution is 6.05. The van der Waals surface area contributed by atoms with Crippen LogP contribution < -0.4 is 5.32 Å². The van der Waals surface area contributed by atoms with Crippen molar-refractivity contribution in [1.29, 1.82) is 0 Å². The lowest BCUT2D eigenvalue weighted by atomic mass is 9.89. The molecular weight excluding hydrogens is 412 g/mol. The molecule has 3 heterocycles. The van der Waals surface area contributed by atoms with Gasteiger partial charge in [-0.1, -0.05) is 60.2 Å². The van der Waals surface area contributed by atoms with Crippen LogP contribution in [-0.4, -0.2) is 51.9 Å². The smallest absolute Gasteiger partial charge is 0.272 e. The van der Waals surface area contributed by atoms with Crippen molar-refractivity contribution in [2.24, 2.45) is 0 Å². The number of ether oxygens (including phenoxy) is 1. The Morgan fingerprint density at radius 2 is 1.76 bits per heavy atom. The van der Waals surface area contributed by atoms with Gasteiger partial charge in [0, 0.05) is 30.1 Å². The van der Waals surface area contributed by atoms with Crippen LogP contribution in [0, 0.1) is 0 Å². The number of nitrogens with one attached hydrogen (secondary N) is 1. The molecule has 0 unspecified atom stereocenters. The number of morpholine rings is 1. The van der Waals surface area contributed by atoms with Crippen molar-refractivity contribution in [3.05, 3.63) is 77.5 Å². The van der Waals surface area contributed by atoms with Gasteiger partial charge in [0.05, 0.1) is 25.3 Å². The Morgan fingerprint density at radius 3 is 2.48 bits per heavy atom. The van der Waals surface area contributed by atoms with Gasteiger partial charge in [-0.3, -0.25) is 14.4 Å². The topological polar surface area (TPSA) is 59.4 Å². The summed E-state index contributed by atoms with van der Waals surface area (Å²) in [6.07, 6.45) is 3.92. The quantitative estimate of drug-likeness (QED) is 0.580. The second-order valence-electron chi connectivity index (χ2n) is 9.47. The van der Waals surface area contributed by atoms with E-state index in [1.54, 1.807) is 0 Å². The number of benzene rings is 2. The van der Waals surface area contributed by atoms with E-state index in [0.29, 0.717) is 24.3 Å². The Morgan fingerprint density at radius 1 is 1.06 bits per heavy atom. The first-order valence-electron chi connectivity index (χ1n) is 11.9. The van der Waals surface area contributed by atoms with Gasteiger partial charge in [-0.2, -0.15) is 5.10 Å². The third-order valence-corrected chi connectivity index (χ3v) is 6.76. The van der Waals surface area contributed by atoms with E-state index in [2.05, 4.69) is 60.5 Å². The van der Waals surface area contributed by atoms with E-state index >= 15 is 0 Å². The second kappa shape index (κ2) is 9.49. The fourth-order valence-corrected chi connectivity index (χ4v) is 5.12. The lowest BCUT2D eigenvalue weighted by molar-refractivity contribution is -0.0843. The Bertz CT molecular complexity index is 1140. The van der Waals surface area contributed by atoms with Gasteiger partial charge in [0.1, 0.15) is 0 Å². The number of hydrogen-bond acceptors (Lipinski definition) is 4. The molecule has 6 heteroatoms. The minimum absolute atomic E-state index is 0.0809. The first-order valence-corrected chi connectivity index (χ1v) is 11.9. The van der Waals surface area contributed by atoms with Crippen LogP contribution in [0.25, 0.3) is 10.9 Å². The van der Waals surface area contributed by atoms with Gasteiger partial charge >= 0.3 is 0 Å². The van der Waals surface area contributed by atoms with Crippen LogP contribution >= 0.6 is 0 Å². The molecule has 0 spiro atoms. The lowest BCUT2D eigenvalue weighted by Gasteiger charge is -2.48. The van der Waals surface area contributed by atoms with E-state index in [9.17, 15) is 4.79 Å². The maximum atomic E-state index is 13.3. The zero-order valence-corrected chi connectivity index (χ0v) is 19.4. The molecule has 0 radical (unpaired) electrons. The predicted molar refractivity (Wildman–Crippen MR) is 130 cm³/mol. The first-order chi connectivity index (χ1) is 16.1. The van der Waals surface area contributed by atoms with Crippen LogP contribution in [0.5, 0.6) is 0 Å². The standard InChI is InChI=1S/C27H32N4O2/c1-19(2)12-13-31-25-11-7-6-10-24(25)26(29-31)27(32)28-21-14-22-17-33-18-23(15-21)30(22)16-20-8-4-3-5-9-20/h3-12,21-23H,13-18H2,1-2H3,(H,28,32)/t21-,22-,23+. The Kier molecular flexibility index (Phi) is 6.29. The van der Waals surface area contributed by atoms with Crippen molar-refractivity contribution < 1.29 is 9.53 Å². The number of amides is 1. The molecule has 6 nitrogen and oxygen atoms in total. The number of piperidine rings is 1. The summed E-state index contributed by atoms with van der Waals surface area (Å²) in [5.41, 5.74) is 4.06. The minimum atomic E-state index is -0.0809. The number of nitrogens with zero attached hydrogens (tertiary/aromatic N) is 3. The normalized spacial score (nSPS) is 22.8. The molecule has 3 atom stereocenters. The number of para-hydroxylation sites is 1. The first kappa shape index (κ1) is 21.9. The van der Waals surface area contributed by atoms with Gasteiger partial charge in [0.15, 0.2) is 5.69 Å². The summed E-state index contributed by atoms with van der Waals surface area (Å²) in [5, 5.41) is 8.91. The van der Waals surface area contributed by atoms with Gasteiger partial charge in [0.2, 0.25) is 0 Å². The Labute approximate surface area is 195 Å². The molecule has 2 fully saturated rings. The maximum Gasteiger partial charge on any atom is 0.272 e. The summed E-state index contributed by atoms with van der Waals surface area (Å²) >= 11 is 0. The van der Waals surface area contributed by atoms with E-state index in [-0.39, 0.29) is 11.9 Å². The summed E-state index contributed by atoms with van der Waals surface area (Å²) in [4.78, 5) is 15.9. The van der Waals surface area contributed by atoms with Gasteiger partial charge in [-0.25, -0.2) is 0 Å². The number of hydrogen-bond donors (Lipinski definition) is 1. The van der Waals surface area contributed by atoms with Crippen LogP contribution in [0.3, 0.4) is 0 Å². The SMILES string of the molecule is CC(C)=CCn1nc(C(=O)N[C@H]2C[C@H]3COC[C@@H](C2)N3Cc2ccccc2)c2ccccc21. The molecule has 2 aliphatic rings. The number of rotatable bonds is 6. The van der Waals surface area contributed by atoms with E-state index in [1.165, 1.54) is 11.1 Å². The molecule has 0 aliphatic carbocycles. The van der Waals surface area contributed by atoms with Gasteiger partial charge in [-0.15, -0.1) is 0 Å². The number of allylic oxidation sites excluding steroid dienone is 2. The zero-order valence-electron chi connectivity index (χ0n) is 19.4. The van der Waals surface area contributed by atoms with Crippen LogP contribution in [0.2, 0.25) is 0 Å². The largest absolute Gasteiger partial charge is 0.378 e. The monoisotopic (exact) mass is 444 g/mol. The molecule has 2 aliphatic heterocycles. The van der Waals surface area contributed by atoms with Crippen molar-refractivity contribution in [1.82, 2.24) is 20.0 Å². The summed E-state index contributed by atoms with van der Waals surface area (Å²) in [6, 6.07) is 19.3. The molecule has 3 aromatic rings. The second-order valence-corrected chi connectivity index (χ2v) is 9.47. The van der Waals surface area contributed by atoms with Crippen molar-refractivity contribution in [2.45, 2.75) is 57.9 Å². The molecule has 33 heavy (non-hydrogen) atoms. The van der Waals surface area contributed by atoms with Gasteiger partial charge < -0.3 is 10.1 Å². The summed E-state index contributed by atoms with van der Waals surface area (Å²) in [7, 11) is 0. The third-order valence-electron chi connectivity index (χ3n) is 6.76. The van der Waals surface area contributed by atoms with Crippen LogP contribution in [0.15, 0.2) is 66.2 Å². The van der Waals surface area contributed by atoms with Crippen LogP contribution in [-0.2, 0) is 17.8 Å². The number of aromatic nitrogens is 2. The van der Waals surface area contributed by atoms with Crippen molar-refractivity contribution in [2.75, 3.05) is 13.2 Å². The lowest BCUT2D eigenvalue weighted by Crippen LogP contribution is -2.60. The number of fused-ring (bicyclic) bond motifs is 3. The molecule has 172 valence electrons. The van der Waals surface area contributed by atoms with Crippen molar-refractivity contribution in [3.8, 4) is 0 Å². The van der Waals surface area contributed by atoms with E-state index in [4.69, 9.17) is 9.84 Å².